The summed E-state index contributed by atoms with van der Waals surface area (Å²) in [4.78, 5) is 2.42. The van der Waals surface area contributed by atoms with Crippen LogP contribution >= 0.6 is 11.3 Å². The molecule has 24 heavy (non-hydrogen) atoms. The van der Waals surface area contributed by atoms with Gasteiger partial charge in [0.05, 0.1) is 17.0 Å². The van der Waals surface area contributed by atoms with Crippen LogP contribution in [0.3, 0.4) is 0 Å². The fourth-order valence-electron chi connectivity index (χ4n) is 3.30. The van der Waals surface area contributed by atoms with E-state index in [0.717, 1.165) is 38.9 Å². The lowest BCUT2D eigenvalue weighted by Crippen LogP contribution is -2.39. The highest BCUT2D eigenvalue weighted by atomic mass is 32.2. The smallest absolute Gasteiger partial charge is 0.214 e. The van der Waals surface area contributed by atoms with Crippen LogP contribution < -0.4 is 4.72 Å². The molecule has 1 N–H and O–H groups in total. The third kappa shape index (κ3) is 3.56. The van der Waals surface area contributed by atoms with Gasteiger partial charge in [-0.25, -0.2) is 13.1 Å². The second-order valence-electron chi connectivity index (χ2n) is 6.65. The predicted octanol–water partition coefficient (Wildman–Crippen LogP) is 1.97. The van der Waals surface area contributed by atoms with E-state index in [1.54, 1.807) is 11.3 Å². The van der Waals surface area contributed by atoms with Crippen LogP contribution in [0.15, 0.2) is 29.1 Å². The molecule has 0 saturated heterocycles. The standard InChI is InChI=1S/C16H22N4O2S2/c21-24(22,16-1-2-16)18-7-4-15-11-19(9-13-5-8-23-12-13)10-14-3-6-17-20(14)15/h3,5-6,8,12,15-16,18H,1-2,4,7,9-11H2/t15-/m1/s1. The average Bonchev–Trinajstić information content (AvgIpc) is 3.11. The molecule has 1 fully saturated rings. The van der Waals surface area contributed by atoms with Crippen LogP contribution in [0.5, 0.6) is 0 Å². The van der Waals surface area contributed by atoms with Crippen LogP contribution in [0.4, 0.5) is 0 Å². The second-order valence-corrected chi connectivity index (χ2v) is 9.47. The number of thiophene rings is 1. The number of hydrogen-bond donors (Lipinski definition) is 1. The van der Waals surface area contributed by atoms with Crippen molar-refractivity contribution in [2.24, 2.45) is 0 Å². The van der Waals surface area contributed by atoms with Gasteiger partial charge in [-0.3, -0.25) is 9.58 Å². The van der Waals surface area contributed by atoms with Gasteiger partial charge in [0.15, 0.2) is 0 Å². The molecule has 3 heterocycles. The first-order chi connectivity index (χ1) is 11.6. The normalized spacial score (nSPS) is 21.8. The Balaban J connectivity index is 1.39. The van der Waals surface area contributed by atoms with E-state index < -0.39 is 10.0 Å². The largest absolute Gasteiger partial charge is 0.291 e. The van der Waals surface area contributed by atoms with Crippen molar-refractivity contribution >= 4 is 21.4 Å². The quantitative estimate of drug-likeness (QED) is 0.814. The van der Waals surface area contributed by atoms with E-state index in [1.165, 1.54) is 11.3 Å². The van der Waals surface area contributed by atoms with Gasteiger partial charge in [0, 0.05) is 32.4 Å². The second kappa shape index (κ2) is 6.59. The summed E-state index contributed by atoms with van der Waals surface area (Å²) in [5.74, 6) is 0. The minimum Gasteiger partial charge on any atom is -0.291 e. The predicted molar refractivity (Wildman–Crippen MR) is 94.3 cm³/mol. The lowest BCUT2D eigenvalue weighted by molar-refractivity contribution is 0.162. The zero-order valence-corrected chi connectivity index (χ0v) is 15.1. The van der Waals surface area contributed by atoms with Gasteiger partial charge in [-0.2, -0.15) is 16.4 Å². The molecule has 1 aliphatic heterocycles. The number of rotatable bonds is 7. The summed E-state index contributed by atoms with van der Waals surface area (Å²) in [6, 6.07) is 4.43. The number of sulfonamides is 1. The van der Waals surface area contributed by atoms with E-state index in [-0.39, 0.29) is 11.3 Å². The van der Waals surface area contributed by atoms with Crippen LogP contribution in [0, 0.1) is 0 Å². The molecule has 0 bridgehead atoms. The molecule has 2 aliphatic rings. The van der Waals surface area contributed by atoms with Crippen molar-refractivity contribution in [3.8, 4) is 0 Å². The van der Waals surface area contributed by atoms with Crippen LogP contribution in [-0.4, -0.2) is 41.4 Å². The SMILES string of the molecule is O=S(=O)(NCC[C@@H]1CN(Cc2ccsc2)Cc2ccnn21)C1CC1. The number of aromatic nitrogens is 2. The summed E-state index contributed by atoms with van der Waals surface area (Å²) < 4.78 is 28.8. The lowest BCUT2D eigenvalue weighted by Gasteiger charge is -2.33. The van der Waals surface area contributed by atoms with Crippen LogP contribution in [-0.2, 0) is 23.1 Å². The summed E-state index contributed by atoms with van der Waals surface area (Å²) in [5.41, 5.74) is 2.53. The van der Waals surface area contributed by atoms with Gasteiger partial charge in [0.2, 0.25) is 10.0 Å². The van der Waals surface area contributed by atoms with E-state index in [0.29, 0.717) is 6.54 Å². The van der Waals surface area contributed by atoms with Crippen molar-refractivity contribution in [2.45, 2.75) is 43.6 Å². The van der Waals surface area contributed by atoms with Crippen molar-refractivity contribution in [1.29, 1.82) is 0 Å². The third-order valence-electron chi connectivity index (χ3n) is 4.68. The van der Waals surface area contributed by atoms with Gasteiger partial charge in [-0.1, -0.05) is 0 Å². The molecule has 1 saturated carbocycles. The monoisotopic (exact) mass is 366 g/mol. The van der Waals surface area contributed by atoms with Gasteiger partial charge in [-0.15, -0.1) is 0 Å². The fourth-order valence-corrected chi connectivity index (χ4v) is 5.36. The first kappa shape index (κ1) is 16.3. The highest BCUT2D eigenvalue weighted by molar-refractivity contribution is 7.90. The van der Waals surface area contributed by atoms with Gasteiger partial charge in [0.25, 0.3) is 0 Å². The third-order valence-corrected chi connectivity index (χ3v) is 7.37. The molecule has 8 heteroatoms. The highest BCUT2D eigenvalue weighted by Crippen LogP contribution is 2.28. The van der Waals surface area contributed by atoms with E-state index in [2.05, 4.69) is 42.3 Å². The molecule has 130 valence electrons. The maximum absolute atomic E-state index is 12.0. The van der Waals surface area contributed by atoms with Crippen LogP contribution in [0.2, 0.25) is 0 Å². The average molecular weight is 367 g/mol. The number of nitrogens with zero attached hydrogens (tertiary/aromatic N) is 3. The molecule has 0 radical (unpaired) electrons. The molecule has 0 aromatic carbocycles. The number of nitrogens with one attached hydrogen (secondary N) is 1. The molecule has 0 unspecified atom stereocenters. The van der Waals surface area contributed by atoms with Crippen LogP contribution in [0.1, 0.15) is 36.6 Å². The summed E-state index contributed by atoms with van der Waals surface area (Å²) in [7, 11) is -3.10. The van der Waals surface area contributed by atoms with Gasteiger partial charge < -0.3 is 0 Å². The number of hydrogen-bond acceptors (Lipinski definition) is 5. The Morgan fingerprint density at radius 1 is 1.33 bits per heavy atom. The zero-order chi connectivity index (χ0) is 16.6. The maximum atomic E-state index is 12.0. The molecule has 6 nitrogen and oxygen atoms in total. The van der Waals surface area contributed by atoms with Crippen molar-refractivity contribution in [3.05, 3.63) is 40.3 Å². The topological polar surface area (TPSA) is 67.2 Å². The minimum atomic E-state index is -3.10. The Hall–Kier alpha value is -1.22. The minimum absolute atomic E-state index is 0.154. The summed E-state index contributed by atoms with van der Waals surface area (Å²) in [5, 5.41) is 8.58. The van der Waals surface area contributed by atoms with E-state index in [4.69, 9.17) is 0 Å². The van der Waals surface area contributed by atoms with Crippen molar-refractivity contribution in [1.82, 2.24) is 19.4 Å². The molecule has 1 aliphatic carbocycles. The molecular formula is C16H22N4O2S2. The first-order valence-corrected chi connectivity index (χ1v) is 10.8. The number of fused-ring (bicyclic) bond motifs is 1. The Morgan fingerprint density at radius 3 is 2.96 bits per heavy atom. The fraction of sp³-hybridized carbons (Fsp3) is 0.562. The first-order valence-electron chi connectivity index (χ1n) is 8.36. The van der Waals surface area contributed by atoms with Crippen molar-refractivity contribution in [3.63, 3.8) is 0 Å². The van der Waals surface area contributed by atoms with Gasteiger partial charge in [-0.05, 0) is 47.7 Å². The Bertz CT molecular complexity index is 781. The Kier molecular flexibility index (Phi) is 4.46. The van der Waals surface area contributed by atoms with Crippen molar-refractivity contribution in [2.75, 3.05) is 13.1 Å². The Labute approximate surface area is 146 Å². The van der Waals surface area contributed by atoms with E-state index in [9.17, 15) is 8.42 Å². The molecule has 4 rings (SSSR count). The summed E-state index contributed by atoms with van der Waals surface area (Å²) in [6.07, 6.45) is 4.21. The summed E-state index contributed by atoms with van der Waals surface area (Å²) >= 11 is 1.72. The molecular weight excluding hydrogens is 344 g/mol. The maximum Gasteiger partial charge on any atom is 0.214 e. The Morgan fingerprint density at radius 2 is 2.21 bits per heavy atom. The molecule has 2 aromatic rings. The highest BCUT2D eigenvalue weighted by Gasteiger charge is 2.35. The summed E-state index contributed by atoms with van der Waals surface area (Å²) in [6.45, 7) is 3.20. The molecule has 2 aromatic heterocycles. The van der Waals surface area contributed by atoms with Crippen molar-refractivity contribution < 1.29 is 8.42 Å². The zero-order valence-electron chi connectivity index (χ0n) is 13.5. The molecule has 0 spiro atoms. The lowest BCUT2D eigenvalue weighted by atomic mass is 10.1. The molecule has 1 atom stereocenters. The van der Waals surface area contributed by atoms with E-state index in [1.807, 2.05) is 6.20 Å². The molecule has 0 amide bonds. The van der Waals surface area contributed by atoms with E-state index >= 15 is 0 Å². The van der Waals surface area contributed by atoms with Crippen LogP contribution in [0.25, 0.3) is 0 Å². The van der Waals surface area contributed by atoms with Gasteiger partial charge >= 0.3 is 0 Å². The van der Waals surface area contributed by atoms with Gasteiger partial charge in [0.1, 0.15) is 0 Å².